The third-order valence-corrected chi connectivity index (χ3v) is 5.17. The van der Waals surface area contributed by atoms with Crippen LogP contribution in [0.2, 0.25) is 0 Å². The maximum absolute atomic E-state index is 9.06. The van der Waals surface area contributed by atoms with E-state index in [2.05, 4.69) is 5.16 Å². The van der Waals surface area contributed by atoms with Crippen molar-refractivity contribution in [2.45, 2.75) is 13.8 Å². The lowest BCUT2D eigenvalue weighted by Gasteiger charge is -2.16. The zero-order chi connectivity index (χ0) is 13.4. The minimum Gasteiger partial charge on any atom is -0.339 e. The molecule has 0 aliphatic rings. The fourth-order valence-corrected chi connectivity index (χ4v) is 2.57. The minimum atomic E-state index is -2.39. The first-order valence-corrected chi connectivity index (χ1v) is 8.43. The van der Waals surface area contributed by atoms with E-state index in [1.54, 1.807) is 12.1 Å². The van der Waals surface area contributed by atoms with Gasteiger partial charge in [-0.15, -0.1) is 0 Å². The average Bonchev–Trinajstić information content (AvgIpc) is 2.41. The van der Waals surface area contributed by atoms with Gasteiger partial charge in [-0.1, -0.05) is 42.4 Å². The highest BCUT2D eigenvalue weighted by molar-refractivity contribution is 8.09. The summed E-state index contributed by atoms with van der Waals surface area (Å²) in [5.74, 6) is 0. The highest BCUT2D eigenvalue weighted by Gasteiger charge is 2.17. The zero-order valence-electron chi connectivity index (χ0n) is 10.4. The molecule has 1 rings (SSSR count). The van der Waals surface area contributed by atoms with Crippen molar-refractivity contribution in [2.75, 3.05) is 12.8 Å². The SMILES string of the molecule is CCOP(=S)(CC)O/N=C(/C#N)c1ccccc1. The molecule has 96 valence electrons. The molecule has 0 N–H and O–H groups in total. The van der Waals surface area contributed by atoms with E-state index in [-0.39, 0.29) is 5.71 Å². The molecule has 1 atom stereocenters. The Hall–Kier alpha value is -1.21. The van der Waals surface area contributed by atoms with Crippen molar-refractivity contribution >= 4 is 24.0 Å². The van der Waals surface area contributed by atoms with Gasteiger partial charge in [0.25, 0.3) is 6.49 Å². The van der Waals surface area contributed by atoms with Crippen LogP contribution in [0.3, 0.4) is 0 Å². The van der Waals surface area contributed by atoms with Gasteiger partial charge in [0.15, 0.2) is 5.71 Å². The van der Waals surface area contributed by atoms with Crippen LogP contribution in [0.5, 0.6) is 0 Å². The van der Waals surface area contributed by atoms with Crippen LogP contribution >= 0.6 is 6.49 Å². The van der Waals surface area contributed by atoms with Crippen LogP contribution in [0, 0.1) is 11.3 Å². The van der Waals surface area contributed by atoms with Crippen LogP contribution in [0.15, 0.2) is 35.5 Å². The van der Waals surface area contributed by atoms with E-state index in [9.17, 15) is 0 Å². The highest BCUT2D eigenvalue weighted by Crippen LogP contribution is 2.48. The van der Waals surface area contributed by atoms with E-state index in [1.807, 2.05) is 38.1 Å². The van der Waals surface area contributed by atoms with Crippen LogP contribution in [0.4, 0.5) is 0 Å². The number of hydrogen-bond acceptors (Lipinski definition) is 5. The standard InChI is InChI=1S/C12H15N2O2PS/c1-3-15-17(18,4-2)16-14-12(10-13)11-8-6-5-7-9-11/h5-9H,3-4H2,1-2H3/b14-12-. The number of rotatable bonds is 6. The molecule has 0 spiro atoms. The molecule has 0 fully saturated rings. The van der Waals surface area contributed by atoms with E-state index >= 15 is 0 Å². The van der Waals surface area contributed by atoms with Gasteiger partial charge < -0.3 is 9.15 Å². The number of benzene rings is 1. The topological polar surface area (TPSA) is 54.6 Å². The number of hydrogen-bond donors (Lipinski definition) is 0. The first-order valence-electron chi connectivity index (χ1n) is 5.61. The van der Waals surface area contributed by atoms with Crippen LogP contribution in [0.25, 0.3) is 0 Å². The van der Waals surface area contributed by atoms with Crippen LogP contribution in [0.1, 0.15) is 19.4 Å². The zero-order valence-corrected chi connectivity index (χ0v) is 12.1. The monoisotopic (exact) mass is 282 g/mol. The van der Waals surface area contributed by atoms with E-state index in [1.165, 1.54) is 0 Å². The summed E-state index contributed by atoms with van der Waals surface area (Å²) >= 11 is 5.27. The first kappa shape index (κ1) is 14.8. The molecule has 1 unspecified atom stereocenters. The molecule has 0 bridgehead atoms. The molecule has 0 saturated heterocycles. The Bertz CT molecular complexity index is 497. The van der Waals surface area contributed by atoms with Gasteiger partial charge in [0.2, 0.25) is 0 Å². The van der Waals surface area contributed by atoms with Gasteiger partial charge in [-0.3, -0.25) is 0 Å². The molecule has 0 aromatic heterocycles. The van der Waals surface area contributed by atoms with Crippen LogP contribution in [-0.2, 0) is 21.0 Å². The summed E-state index contributed by atoms with van der Waals surface area (Å²) in [6.45, 7) is 1.83. The Morgan fingerprint density at radius 3 is 2.56 bits per heavy atom. The van der Waals surface area contributed by atoms with Crippen molar-refractivity contribution in [1.29, 1.82) is 5.26 Å². The van der Waals surface area contributed by atoms with Crippen LogP contribution < -0.4 is 0 Å². The second-order valence-electron chi connectivity index (χ2n) is 3.34. The summed E-state index contributed by atoms with van der Waals surface area (Å²) in [4.78, 5) is 0. The third kappa shape index (κ3) is 4.23. The van der Waals surface area contributed by atoms with Crippen molar-refractivity contribution in [3.8, 4) is 6.07 Å². The quantitative estimate of drug-likeness (QED) is 0.456. The van der Waals surface area contributed by atoms with E-state index in [0.29, 0.717) is 18.3 Å². The largest absolute Gasteiger partial charge is 0.339 e. The number of oxime groups is 1. The van der Waals surface area contributed by atoms with Crippen molar-refractivity contribution in [3.63, 3.8) is 0 Å². The highest BCUT2D eigenvalue weighted by atomic mass is 32.5. The molecular formula is C12H15N2O2PS. The van der Waals surface area contributed by atoms with Crippen molar-refractivity contribution < 1.29 is 9.15 Å². The Kier molecular flexibility index (Phi) is 6.00. The lowest BCUT2D eigenvalue weighted by atomic mass is 10.1. The van der Waals surface area contributed by atoms with E-state index in [4.69, 9.17) is 26.2 Å². The third-order valence-electron chi connectivity index (χ3n) is 2.12. The number of nitriles is 1. The van der Waals surface area contributed by atoms with Crippen LogP contribution in [-0.4, -0.2) is 18.5 Å². The fourth-order valence-electron chi connectivity index (χ4n) is 1.21. The van der Waals surface area contributed by atoms with Crippen molar-refractivity contribution in [2.24, 2.45) is 5.16 Å². The molecule has 0 heterocycles. The molecule has 18 heavy (non-hydrogen) atoms. The van der Waals surface area contributed by atoms with Gasteiger partial charge in [0.1, 0.15) is 6.07 Å². The predicted molar refractivity (Wildman–Crippen MR) is 76.1 cm³/mol. The van der Waals surface area contributed by atoms with Gasteiger partial charge in [0.05, 0.1) is 6.61 Å². The molecule has 4 nitrogen and oxygen atoms in total. The van der Waals surface area contributed by atoms with Crippen molar-refractivity contribution in [1.82, 2.24) is 0 Å². The summed E-state index contributed by atoms with van der Waals surface area (Å²) in [7, 11) is 0. The summed E-state index contributed by atoms with van der Waals surface area (Å²) < 4.78 is 10.7. The lowest BCUT2D eigenvalue weighted by molar-refractivity contribution is 0.267. The molecule has 0 aliphatic heterocycles. The normalized spacial score (nSPS) is 14.6. The minimum absolute atomic E-state index is 0.206. The summed E-state index contributed by atoms with van der Waals surface area (Å²) in [5.41, 5.74) is 0.909. The Morgan fingerprint density at radius 2 is 2.06 bits per heavy atom. The molecule has 1 aromatic carbocycles. The second-order valence-corrected chi connectivity index (χ2v) is 7.29. The Labute approximate surface area is 112 Å². The summed E-state index contributed by atoms with van der Waals surface area (Å²) in [6.07, 6.45) is 0.577. The first-order chi connectivity index (χ1) is 8.65. The predicted octanol–water partition coefficient (Wildman–Crippen LogP) is 3.30. The average molecular weight is 282 g/mol. The van der Waals surface area contributed by atoms with E-state index < -0.39 is 6.49 Å². The smallest absolute Gasteiger partial charge is 0.265 e. The van der Waals surface area contributed by atoms with Gasteiger partial charge in [-0.2, -0.15) is 5.26 Å². The maximum atomic E-state index is 9.06. The molecule has 0 aliphatic carbocycles. The fraction of sp³-hybridized carbons (Fsp3) is 0.333. The molecule has 0 radical (unpaired) electrons. The van der Waals surface area contributed by atoms with Gasteiger partial charge in [-0.05, 0) is 18.7 Å². The Morgan fingerprint density at radius 1 is 1.39 bits per heavy atom. The summed E-state index contributed by atoms with van der Waals surface area (Å²) in [6, 6.07) is 11.1. The molecule has 1 aromatic rings. The molecular weight excluding hydrogens is 267 g/mol. The molecule has 0 amide bonds. The van der Waals surface area contributed by atoms with Gasteiger partial charge in [-0.25, -0.2) is 0 Å². The van der Waals surface area contributed by atoms with Gasteiger partial charge >= 0.3 is 0 Å². The lowest BCUT2D eigenvalue weighted by Crippen LogP contribution is -2.00. The van der Waals surface area contributed by atoms with E-state index in [0.717, 1.165) is 0 Å². The molecule has 6 heteroatoms. The Balaban J connectivity index is 2.88. The number of nitrogens with zero attached hydrogens (tertiary/aromatic N) is 2. The summed E-state index contributed by atoms with van der Waals surface area (Å²) in [5, 5.41) is 12.9. The van der Waals surface area contributed by atoms with Gasteiger partial charge in [0, 0.05) is 11.7 Å². The molecule has 0 saturated carbocycles. The maximum Gasteiger partial charge on any atom is 0.265 e. The second kappa shape index (κ2) is 7.27. The van der Waals surface area contributed by atoms with Crippen molar-refractivity contribution in [3.05, 3.63) is 35.9 Å².